The SMILES string of the molecule is COc1ccc(CC(=O)N2CCNCC2C#N)cc1OC. The van der Waals surface area contributed by atoms with E-state index in [-0.39, 0.29) is 12.3 Å². The van der Waals surface area contributed by atoms with Crippen molar-refractivity contribution >= 4 is 5.91 Å². The van der Waals surface area contributed by atoms with Gasteiger partial charge in [-0.2, -0.15) is 5.26 Å². The van der Waals surface area contributed by atoms with E-state index in [4.69, 9.17) is 14.7 Å². The summed E-state index contributed by atoms with van der Waals surface area (Å²) in [6, 6.07) is 7.17. The van der Waals surface area contributed by atoms with E-state index >= 15 is 0 Å². The number of benzene rings is 1. The maximum Gasteiger partial charge on any atom is 0.228 e. The van der Waals surface area contributed by atoms with Crippen molar-refractivity contribution in [3.05, 3.63) is 23.8 Å². The number of nitriles is 1. The summed E-state index contributed by atoms with van der Waals surface area (Å²) in [4.78, 5) is 14.0. The highest BCUT2D eigenvalue weighted by atomic mass is 16.5. The fourth-order valence-electron chi connectivity index (χ4n) is 2.38. The quantitative estimate of drug-likeness (QED) is 0.877. The van der Waals surface area contributed by atoms with Crippen LogP contribution in [0.2, 0.25) is 0 Å². The molecule has 0 aliphatic carbocycles. The summed E-state index contributed by atoms with van der Waals surface area (Å²) in [7, 11) is 3.13. The van der Waals surface area contributed by atoms with Crippen molar-refractivity contribution in [3.8, 4) is 17.6 Å². The number of hydrogen-bond donors (Lipinski definition) is 1. The standard InChI is InChI=1S/C15H19N3O3/c1-20-13-4-3-11(7-14(13)21-2)8-15(19)18-6-5-17-10-12(18)9-16/h3-4,7,12,17H,5-6,8,10H2,1-2H3. The van der Waals surface area contributed by atoms with Gasteiger partial charge in [0, 0.05) is 19.6 Å². The zero-order chi connectivity index (χ0) is 15.2. The predicted octanol–water partition coefficient (Wildman–Crippen LogP) is 0.570. The van der Waals surface area contributed by atoms with Gasteiger partial charge in [0.25, 0.3) is 0 Å². The summed E-state index contributed by atoms with van der Waals surface area (Å²) in [5.41, 5.74) is 0.841. The lowest BCUT2D eigenvalue weighted by molar-refractivity contribution is -0.132. The zero-order valence-electron chi connectivity index (χ0n) is 12.3. The summed E-state index contributed by atoms with van der Waals surface area (Å²) in [5, 5.41) is 12.2. The molecular formula is C15H19N3O3. The lowest BCUT2D eigenvalue weighted by Crippen LogP contribution is -2.53. The predicted molar refractivity (Wildman–Crippen MR) is 77.2 cm³/mol. The second kappa shape index (κ2) is 6.95. The number of hydrogen-bond acceptors (Lipinski definition) is 5. The molecule has 6 nitrogen and oxygen atoms in total. The van der Waals surface area contributed by atoms with Crippen LogP contribution < -0.4 is 14.8 Å². The second-order valence-corrected chi connectivity index (χ2v) is 4.80. The fraction of sp³-hybridized carbons (Fsp3) is 0.467. The van der Waals surface area contributed by atoms with E-state index in [0.29, 0.717) is 24.6 Å². The minimum atomic E-state index is -0.397. The lowest BCUT2D eigenvalue weighted by atomic mass is 10.1. The first-order chi connectivity index (χ1) is 10.2. The van der Waals surface area contributed by atoms with E-state index in [9.17, 15) is 4.79 Å². The van der Waals surface area contributed by atoms with Gasteiger partial charge in [-0.25, -0.2) is 0 Å². The van der Waals surface area contributed by atoms with E-state index in [0.717, 1.165) is 12.1 Å². The van der Waals surface area contributed by atoms with Crippen LogP contribution in [-0.2, 0) is 11.2 Å². The number of amides is 1. The average Bonchev–Trinajstić information content (AvgIpc) is 2.54. The summed E-state index contributed by atoms with van der Waals surface area (Å²) in [6.07, 6.45) is 0.249. The van der Waals surface area contributed by atoms with E-state index in [1.165, 1.54) is 0 Å². The highest BCUT2D eigenvalue weighted by Crippen LogP contribution is 2.27. The van der Waals surface area contributed by atoms with Gasteiger partial charge in [-0.05, 0) is 17.7 Å². The van der Waals surface area contributed by atoms with Gasteiger partial charge in [0.05, 0.1) is 26.7 Å². The van der Waals surface area contributed by atoms with Crippen molar-refractivity contribution in [1.82, 2.24) is 10.2 Å². The number of nitrogens with zero attached hydrogens (tertiary/aromatic N) is 2. The van der Waals surface area contributed by atoms with Crippen LogP contribution in [0.4, 0.5) is 0 Å². The van der Waals surface area contributed by atoms with Crippen LogP contribution in [0.1, 0.15) is 5.56 Å². The molecule has 2 rings (SSSR count). The minimum absolute atomic E-state index is 0.0460. The Labute approximate surface area is 124 Å². The first kappa shape index (κ1) is 15.1. The molecule has 1 N–H and O–H groups in total. The molecule has 112 valence electrons. The topological polar surface area (TPSA) is 74.6 Å². The average molecular weight is 289 g/mol. The Balaban J connectivity index is 2.10. The Morgan fingerprint density at radius 1 is 1.43 bits per heavy atom. The Kier molecular flexibility index (Phi) is 5.01. The molecule has 0 radical (unpaired) electrons. The van der Waals surface area contributed by atoms with Gasteiger partial charge >= 0.3 is 0 Å². The molecule has 6 heteroatoms. The highest BCUT2D eigenvalue weighted by molar-refractivity contribution is 5.79. The molecule has 1 aliphatic heterocycles. The molecule has 0 saturated carbocycles. The van der Waals surface area contributed by atoms with E-state index < -0.39 is 6.04 Å². The van der Waals surface area contributed by atoms with Gasteiger partial charge in [-0.1, -0.05) is 6.07 Å². The van der Waals surface area contributed by atoms with Gasteiger partial charge in [-0.3, -0.25) is 4.79 Å². The number of ether oxygens (including phenoxy) is 2. The van der Waals surface area contributed by atoms with Gasteiger partial charge in [-0.15, -0.1) is 0 Å². The number of piperazine rings is 1. The van der Waals surface area contributed by atoms with Gasteiger partial charge < -0.3 is 19.7 Å². The largest absolute Gasteiger partial charge is 0.493 e. The van der Waals surface area contributed by atoms with Crippen LogP contribution >= 0.6 is 0 Å². The van der Waals surface area contributed by atoms with E-state index in [2.05, 4.69) is 11.4 Å². The van der Waals surface area contributed by atoms with Gasteiger partial charge in [0.15, 0.2) is 11.5 Å². The van der Waals surface area contributed by atoms with Crippen LogP contribution in [0.25, 0.3) is 0 Å². The third kappa shape index (κ3) is 3.44. The molecule has 1 aromatic rings. The third-order valence-corrected chi connectivity index (χ3v) is 3.52. The molecule has 0 spiro atoms. The third-order valence-electron chi connectivity index (χ3n) is 3.52. The molecular weight excluding hydrogens is 270 g/mol. The normalized spacial score (nSPS) is 18.0. The maximum atomic E-state index is 12.4. The van der Waals surface area contributed by atoms with E-state index in [1.54, 1.807) is 31.3 Å². The van der Waals surface area contributed by atoms with Crippen LogP contribution in [0.3, 0.4) is 0 Å². The van der Waals surface area contributed by atoms with E-state index in [1.807, 2.05) is 6.07 Å². The minimum Gasteiger partial charge on any atom is -0.493 e. The molecule has 21 heavy (non-hydrogen) atoms. The number of rotatable bonds is 4. The molecule has 1 saturated heterocycles. The molecule has 1 atom stereocenters. The van der Waals surface area contributed by atoms with Gasteiger partial charge in [0.1, 0.15) is 6.04 Å². The zero-order valence-corrected chi connectivity index (χ0v) is 12.3. The maximum absolute atomic E-state index is 12.4. The molecule has 1 unspecified atom stereocenters. The summed E-state index contributed by atoms with van der Waals surface area (Å²) < 4.78 is 10.4. The molecule has 1 aliphatic rings. The molecule has 1 heterocycles. The Bertz CT molecular complexity index is 554. The molecule has 1 fully saturated rings. The van der Waals surface area contributed by atoms with Crippen molar-refractivity contribution in [3.63, 3.8) is 0 Å². The van der Waals surface area contributed by atoms with Crippen LogP contribution in [0, 0.1) is 11.3 Å². The Morgan fingerprint density at radius 3 is 2.86 bits per heavy atom. The first-order valence-electron chi connectivity index (χ1n) is 6.80. The number of carbonyl (C=O) groups excluding carboxylic acids is 1. The lowest BCUT2D eigenvalue weighted by Gasteiger charge is -2.32. The van der Waals surface area contributed by atoms with Crippen molar-refractivity contribution in [2.45, 2.75) is 12.5 Å². The second-order valence-electron chi connectivity index (χ2n) is 4.80. The summed E-state index contributed by atoms with van der Waals surface area (Å²) in [6.45, 7) is 1.80. The molecule has 0 aromatic heterocycles. The van der Waals surface area contributed by atoms with Crippen LogP contribution in [0.15, 0.2) is 18.2 Å². The molecule has 1 amide bonds. The fourth-order valence-corrected chi connectivity index (χ4v) is 2.38. The number of carbonyl (C=O) groups is 1. The highest BCUT2D eigenvalue weighted by Gasteiger charge is 2.26. The smallest absolute Gasteiger partial charge is 0.228 e. The molecule has 0 bridgehead atoms. The Morgan fingerprint density at radius 2 is 2.19 bits per heavy atom. The van der Waals surface area contributed by atoms with Crippen molar-refractivity contribution in [2.75, 3.05) is 33.9 Å². The first-order valence-corrected chi connectivity index (χ1v) is 6.80. The van der Waals surface area contributed by atoms with Crippen LogP contribution in [-0.4, -0.2) is 50.7 Å². The number of methoxy groups -OCH3 is 2. The van der Waals surface area contributed by atoms with Crippen molar-refractivity contribution in [1.29, 1.82) is 5.26 Å². The van der Waals surface area contributed by atoms with Crippen molar-refractivity contribution < 1.29 is 14.3 Å². The summed E-state index contributed by atoms with van der Waals surface area (Å²) in [5.74, 6) is 1.18. The number of nitrogens with one attached hydrogen (secondary N) is 1. The van der Waals surface area contributed by atoms with Gasteiger partial charge in [0.2, 0.25) is 5.91 Å². The Hall–Kier alpha value is -2.26. The van der Waals surface area contributed by atoms with Crippen LogP contribution in [0.5, 0.6) is 11.5 Å². The molecule has 1 aromatic carbocycles. The summed E-state index contributed by atoms with van der Waals surface area (Å²) >= 11 is 0. The van der Waals surface area contributed by atoms with Crippen molar-refractivity contribution in [2.24, 2.45) is 0 Å². The monoisotopic (exact) mass is 289 g/mol.